The van der Waals surface area contributed by atoms with Gasteiger partial charge in [0.2, 0.25) is 0 Å². The van der Waals surface area contributed by atoms with Crippen molar-refractivity contribution in [1.82, 2.24) is 5.32 Å². The second-order valence-corrected chi connectivity index (χ2v) is 3.74. The summed E-state index contributed by atoms with van der Waals surface area (Å²) in [5.41, 5.74) is 1.07. The van der Waals surface area contributed by atoms with Crippen LogP contribution in [0.3, 0.4) is 0 Å². The quantitative estimate of drug-likeness (QED) is 0.592. The number of rotatable bonds is 3. The van der Waals surface area contributed by atoms with Gasteiger partial charge in [-0.3, -0.25) is 0 Å². The topological polar surface area (TPSA) is 72.7 Å². The molecule has 1 aromatic carbocycles. The van der Waals surface area contributed by atoms with Crippen molar-refractivity contribution in [3.8, 4) is 11.5 Å². The highest BCUT2D eigenvalue weighted by atomic mass is 35.5. The van der Waals surface area contributed by atoms with Crippen molar-refractivity contribution in [2.24, 2.45) is 0 Å². The van der Waals surface area contributed by atoms with Crippen molar-refractivity contribution in [3.05, 3.63) is 22.2 Å². The van der Waals surface area contributed by atoms with Gasteiger partial charge >= 0.3 is 0 Å². The molecule has 0 heterocycles. The molecule has 0 saturated carbocycles. The molecule has 0 aliphatic heterocycles. The number of benzene rings is 1. The highest BCUT2D eigenvalue weighted by molar-refractivity contribution is 6.33. The van der Waals surface area contributed by atoms with E-state index in [0.717, 1.165) is 0 Å². The average Bonchev–Trinajstić information content (AvgIpc) is 2.15. The maximum absolute atomic E-state index is 9.76. The molecule has 5 heteroatoms. The zero-order chi connectivity index (χ0) is 11.6. The first-order valence-corrected chi connectivity index (χ1v) is 4.90. The zero-order valence-electron chi connectivity index (χ0n) is 8.58. The molecule has 0 aromatic heterocycles. The molecule has 15 heavy (non-hydrogen) atoms. The van der Waals surface area contributed by atoms with E-state index in [9.17, 15) is 15.3 Å². The van der Waals surface area contributed by atoms with Crippen LogP contribution in [0.4, 0.5) is 0 Å². The fourth-order valence-corrected chi connectivity index (χ4v) is 1.84. The molecule has 1 rings (SSSR count). The Kier molecular flexibility index (Phi) is 3.79. The van der Waals surface area contributed by atoms with Gasteiger partial charge in [-0.05, 0) is 25.6 Å². The smallest absolute Gasteiger partial charge is 0.176 e. The van der Waals surface area contributed by atoms with Crippen LogP contribution in [0.1, 0.15) is 17.2 Å². The van der Waals surface area contributed by atoms with E-state index < -0.39 is 11.9 Å². The number of hydrogen-bond donors (Lipinski definition) is 4. The Bertz CT molecular complexity index is 368. The Hall–Kier alpha value is -0.970. The molecule has 1 atom stereocenters. The van der Waals surface area contributed by atoms with Crippen molar-refractivity contribution >= 4 is 11.6 Å². The highest BCUT2D eigenvalue weighted by Gasteiger charge is 2.19. The van der Waals surface area contributed by atoms with Crippen molar-refractivity contribution in [2.75, 3.05) is 13.6 Å². The van der Waals surface area contributed by atoms with E-state index in [1.807, 2.05) is 0 Å². The summed E-state index contributed by atoms with van der Waals surface area (Å²) in [5.74, 6) is -0.676. The number of aliphatic hydroxyl groups is 1. The lowest BCUT2D eigenvalue weighted by atomic mass is 10.0. The Morgan fingerprint density at radius 3 is 2.60 bits per heavy atom. The Labute approximate surface area is 93.1 Å². The van der Waals surface area contributed by atoms with E-state index in [-0.39, 0.29) is 10.8 Å². The molecule has 84 valence electrons. The number of aliphatic hydroxyl groups excluding tert-OH is 1. The van der Waals surface area contributed by atoms with E-state index in [1.54, 1.807) is 14.0 Å². The van der Waals surface area contributed by atoms with Gasteiger partial charge < -0.3 is 20.6 Å². The molecule has 0 aliphatic rings. The Morgan fingerprint density at radius 1 is 1.47 bits per heavy atom. The van der Waals surface area contributed by atoms with Crippen LogP contribution in [-0.4, -0.2) is 28.9 Å². The molecule has 4 nitrogen and oxygen atoms in total. The van der Waals surface area contributed by atoms with Gasteiger partial charge in [-0.2, -0.15) is 0 Å². The summed E-state index contributed by atoms with van der Waals surface area (Å²) in [6, 6.07) is 1.37. The van der Waals surface area contributed by atoms with Crippen LogP contribution in [0, 0.1) is 6.92 Å². The number of aromatic hydroxyl groups is 2. The van der Waals surface area contributed by atoms with Crippen molar-refractivity contribution < 1.29 is 15.3 Å². The van der Waals surface area contributed by atoms with Crippen LogP contribution in [-0.2, 0) is 0 Å². The zero-order valence-corrected chi connectivity index (χ0v) is 9.34. The standard InChI is InChI=1S/C10H14ClNO3/c1-5-3-6(13)10(15)9(11)8(5)7(14)4-12-2/h3,7,12-15H,4H2,1-2H3. The minimum atomic E-state index is -0.811. The molecule has 0 fully saturated rings. The van der Waals surface area contributed by atoms with Gasteiger partial charge in [0.05, 0.1) is 11.1 Å². The third kappa shape index (κ3) is 2.34. The van der Waals surface area contributed by atoms with E-state index in [0.29, 0.717) is 17.7 Å². The maximum Gasteiger partial charge on any atom is 0.176 e. The van der Waals surface area contributed by atoms with Gasteiger partial charge in [0.15, 0.2) is 11.5 Å². The molecule has 0 saturated heterocycles. The lowest BCUT2D eigenvalue weighted by Crippen LogP contribution is -2.17. The SMILES string of the molecule is CNCC(O)c1c(C)cc(O)c(O)c1Cl. The predicted molar refractivity (Wildman–Crippen MR) is 58.4 cm³/mol. The average molecular weight is 232 g/mol. The van der Waals surface area contributed by atoms with Crippen molar-refractivity contribution in [1.29, 1.82) is 0 Å². The highest BCUT2D eigenvalue weighted by Crippen LogP contribution is 2.40. The van der Waals surface area contributed by atoms with Crippen LogP contribution < -0.4 is 5.32 Å². The normalized spacial score (nSPS) is 12.8. The van der Waals surface area contributed by atoms with Gasteiger partial charge in [-0.15, -0.1) is 0 Å². The van der Waals surface area contributed by atoms with Gasteiger partial charge in [0, 0.05) is 12.1 Å². The van der Waals surface area contributed by atoms with Crippen LogP contribution in [0.25, 0.3) is 0 Å². The summed E-state index contributed by atoms with van der Waals surface area (Å²) in [6.07, 6.45) is -0.811. The first-order chi connectivity index (χ1) is 6.99. The van der Waals surface area contributed by atoms with Crippen molar-refractivity contribution in [3.63, 3.8) is 0 Å². The summed E-state index contributed by atoms with van der Waals surface area (Å²) in [4.78, 5) is 0. The molecule has 1 unspecified atom stereocenters. The first kappa shape index (κ1) is 12.1. The fraction of sp³-hybridized carbons (Fsp3) is 0.400. The van der Waals surface area contributed by atoms with Gasteiger partial charge in [-0.25, -0.2) is 0 Å². The molecule has 1 aromatic rings. The summed E-state index contributed by atoms with van der Waals surface area (Å²) in [7, 11) is 1.70. The number of phenolic OH excluding ortho intramolecular Hbond substituents is 2. The summed E-state index contributed by atoms with van der Waals surface area (Å²) in [6.45, 7) is 2.03. The van der Waals surface area contributed by atoms with E-state index >= 15 is 0 Å². The van der Waals surface area contributed by atoms with E-state index in [4.69, 9.17) is 11.6 Å². The number of hydrogen-bond acceptors (Lipinski definition) is 4. The second kappa shape index (κ2) is 4.70. The number of phenols is 2. The number of halogens is 1. The van der Waals surface area contributed by atoms with Crippen LogP contribution in [0.5, 0.6) is 11.5 Å². The molecule has 0 spiro atoms. The third-order valence-corrected chi connectivity index (χ3v) is 2.58. The van der Waals surface area contributed by atoms with Gasteiger partial charge in [0.1, 0.15) is 0 Å². The van der Waals surface area contributed by atoms with Gasteiger partial charge in [0.25, 0.3) is 0 Å². The molecular weight excluding hydrogens is 218 g/mol. The summed E-state index contributed by atoms with van der Waals surface area (Å²) < 4.78 is 0. The fourth-order valence-electron chi connectivity index (χ4n) is 1.47. The van der Waals surface area contributed by atoms with Crippen LogP contribution in [0.15, 0.2) is 6.07 Å². The van der Waals surface area contributed by atoms with Gasteiger partial charge in [-0.1, -0.05) is 11.6 Å². The Balaban J connectivity index is 3.23. The minimum Gasteiger partial charge on any atom is -0.504 e. The van der Waals surface area contributed by atoms with Crippen LogP contribution in [0.2, 0.25) is 5.02 Å². The largest absolute Gasteiger partial charge is 0.504 e. The monoisotopic (exact) mass is 231 g/mol. The third-order valence-electron chi connectivity index (χ3n) is 2.20. The first-order valence-electron chi connectivity index (χ1n) is 4.52. The molecule has 0 bridgehead atoms. The molecule has 4 N–H and O–H groups in total. The van der Waals surface area contributed by atoms with Crippen LogP contribution >= 0.6 is 11.6 Å². The lowest BCUT2D eigenvalue weighted by molar-refractivity contribution is 0.176. The molecule has 0 radical (unpaired) electrons. The minimum absolute atomic E-state index is 0.00440. The Morgan fingerprint density at radius 2 is 2.07 bits per heavy atom. The molecule has 0 aliphatic carbocycles. The number of aryl methyl sites for hydroxylation is 1. The molecule has 0 amide bonds. The lowest BCUT2D eigenvalue weighted by Gasteiger charge is -2.16. The number of likely N-dealkylation sites (N-methyl/N-ethyl adjacent to an activating group) is 1. The second-order valence-electron chi connectivity index (χ2n) is 3.36. The summed E-state index contributed by atoms with van der Waals surface area (Å²) in [5, 5.41) is 31.3. The van der Waals surface area contributed by atoms with E-state index in [1.165, 1.54) is 6.07 Å². The summed E-state index contributed by atoms with van der Waals surface area (Å²) >= 11 is 5.84. The predicted octanol–water partition coefficient (Wildman–Crippen LogP) is 1.31. The maximum atomic E-state index is 9.76. The van der Waals surface area contributed by atoms with Crippen molar-refractivity contribution in [2.45, 2.75) is 13.0 Å². The van der Waals surface area contributed by atoms with E-state index in [2.05, 4.69) is 5.32 Å². The number of nitrogens with one attached hydrogen (secondary N) is 1. The molecular formula is C10H14ClNO3.